The lowest BCUT2D eigenvalue weighted by Crippen LogP contribution is -2.25. The maximum Gasteiger partial charge on any atom is 0.335 e. The summed E-state index contributed by atoms with van der Waals surface area (Å²) in [7, 11) is -0.439. The van der Waals surface area contributed by atoms with Crippen molar-refractivity contribution in [2.45, 2.75) is 4.90 Å². The lowest BCUT2D eigenvalue weighted by atomic mass is 10.1. The largest absolute Gasteiger partial charge is 0.478 e. The van der Waals surface area contributed by atoms with Crippen molar-refractivity contribution in [1.82, 2.24) is 4.98 Å². The monoisotopic (exact) mass is 436 g/mol. The van der Waals surface area contributed by atoms with Crippen LogP contribution < -0.4 is 14.5 Å². The molecule has 0 saturated heterocycles. The van der Waals surface area contributed by atoms with Crippen LogP contribution in [0.1, 0.15) is 15.9 Å². The minimum Gasteiger partial charge on any atom is -0.478 e. The molecule has 0 unspecified atom stereocenters. The van der Waals surface area contributed by atoms with Crippen LogP contribution in [0.3, 0.4) is 0 Å². The summed E-state index contributed by atoms with van der Waals surface area (Å²) in [5.41, 5.74) is 3.03. The van der Waals surface area contributed by atoms with Gasteiger partial charge in [-0.05, 0) is 35.9 Å². The second kappa shape index (κ2) is 7.44. The van der Waals surface area contributed by atoms with Crippen LogP contribution in [0.25, 0.3) is 6.08 Å². The van der Waals surface area contributed by atoms with Crippen molar-refractivity contribution in [1.29, 1.82) is 0 Å². The molecule has 2 N–H and O–H groups in total. The topological polar surface area (TPSA) is 103 Å². The van der Waals surface area contributed by atoms with E-state index in [4.69, 9.17) is 0 Å². The third-order valence-corrected chi connectivity index (χ3v) is 7.03. The minimum absolute atomic E-state index is 0.151. The van der Waals surface area contributed by atoms with Gasteiger partial charge in [0.1, 0.15) is 10.7 Å². The molecule has 0 spiro atoms. The van der Waals surface area contributed by atoms with Gasteiger partial charge in [0.25, 0.3) is 10.0 Å². The number of carbonyl (C=O) groups is 1. The molecule has 0 atom stereocenters. The fourth-order valence-corrected chi connectivity index (χ4v) is 4.91. The van der Waals surface area contributed by atoms with Crippen molar-refractivity contribution in [2.24, 2.45) is 0 Å². The average Bonchev–Trinajstić information content (AvgIpc) is 2.83. The highest BCUT2D eigenvalue weighted by Gasteiger charge is 2.32. The van der Waals surface area contributed by atoms with Crippen molar-refractivity contribution in [3.8, 4) is 0 Å². The molecule has 1 aliphatic rings. The highest BCUT2D eigenvalue weighted by Crippen LogP contribution is 2.43. The number of hydrogen-bond acceptors (Lipinski definition) is 6. The van der Waals surface area contributed by atoms with Crippen LogP contribution in [0.5, 0.6) is 0 Å². The number of nitrogens with one attached hydrogen (secondary N) is 1. The molecule has 2 heterocycles. The van der Waals surface area contributed by atoms with Gasteiger partial charge in [-0.3, -0.25) is 4.31 Å². The molecule has 0 fully saturated rings. The Morgan fingerprint density at radius 1 is 1.10 bits per heavy atom. The van der Waals surface area contributed by atoms with Crippen LogP contribution in [0.4, 0.5) is 28.6 Å². The van der Waals surface area contributed by atoms with Crippen LogP contribution in [0.15, 0.2) is 66.2 Å². The van der Waals surface area contributed by atoms with E-state index in [9.17, 15) is 18.3 Å². The number of carboxylic acid groups (broad SMARTS) is 1. The van der Waals surface area contributed by atoms with Gasteiger partial charge < -0.3 is 15.3 Å². The Morgan fingerprint density at radius 2 is 1.84 bits per heavy atom. The summed E-state index contributed by atoms with van der Waals surface area (Å²) in [6.07, 6.45) is 3.05. The molecule has 2 aromatic carbocycles. The van der Waals surface area contributed by atoms with E-state index < -0.39 is 16.0 Å². The summed E-state index contributed by atoms with van der Waals surface area (Å²) in [6.45, 7) is 3.74. The van der Waals surface area contributed by atoms with E-state index in [1.165, 1.54) is 29.7 Å². The first-order valence-corrected chi connectivity index (χ1v) is 10.8. The molecule has 0 aliphatic carbocycles. The first-order valence-electron chi connectivity index (χ1n) is 9.32. The van der Waals surface area contributed by atoms with Gasteiger partial charge >= 0.3 is 5.97 Å². The molecule has 0 radical (unpaired) electrons. The third kappa shape index (κ3) is 3.38. The first kappa shape index (κ1) is 20.4. The number of fused-ring (bicyclic) bond motifs is 2. The number of benzene rings is 2. The molecular weight excluding hydrogens is 416 g/mol. The number of para-hydroxylation sites is 1. The number of aromatic carboxylic acids is 1. The van der Waals surface area contributed by atoms with Gasteiger partial charge in [0.15, 0.2) is 0 Å². The maximum atomic E-state index is 13.1. The predicted octanol–water partition coefficient (Wildman–Crippen LogP) is 4.07. The van der Waals surface area contributed by atoms with Gasteiger partial charge in [0, 0.05) is 25.8 Å². The Kier molecular flexibility index (Phi) is 4.90. The molecule has 0 amide bonds. The third-order valence-electron chi connectivity index (χ3n) is 5.21. The van der Waals surface area contributed by atoms with E-state index in [1.807, 2.05) is 0 Å². The van der Waals surface area contributed by atoms with Gasteiger partial charge in [0.05, 0.1) is 28.8 Å². The fourth-order valence-electron chi connectivity index (χ4n) is 3.49. The number of pyridine rings is 1. The van der Waals surface area contributed by atoms with Crippen molar-refractivity contribution in [3.63, 3.8) is 0 Å². The van der Waals surface area contributed by atoms with Crippen molar-refractivity contribution < 1.29 is 18.3 Å². The Balaban J connectivity index is 1.80. The van der Waals surface area contributed by atoms with Gasteiger partial charge in [-0.15, -0.1) is 0 Å². The molecule has 0 bridgehead atoms. The number of anilines is 5. The van der Waals surface area contributed by atoms with Crippen LogP contribution in [0, 0.1) is 0 Å². The van der Waals surface area contributed by atoms with Gasteiger partial charge in [-0.2, -0.15) is 0 Å². The zero-order chi connectivity index (χ0) is 22.3. The van der Waals surface area contributed by atoms with E-state index in [1.54, 1.807) is 54.4 Å². The van der Waals surface area contributed by atoms with Crippen LogP contribution in [-0.4, -0.2) is 38.6 Å². The SMILES string of the molecule is C=Cc1cc(C(=O)O)ccc1Nc1cc2c(cn1)N(C)S(=O)(=O)c1ccccc1N2C. The Labute approximate surface area is 180 Å². The standard InChI is InChI=1S/C22H20N4O4S/c1-4-14-11-15(22(27)28)9-10-16(14)24-21-12-18-19(13-23-21)26(3)31(29,30)20-8-6-5-7-17(20)25(18)2/h4-13H,1H2,2-3H3,(H,23,24)(H,27,28). The summed E-state index contributed by atoms with van der Waals surface area (Å²) in [6, 6.07) is 13.2. The average molecular weight is 436 g/mol. The molecule has 4 rings (SSSR count). The Hall–Kier alpha value is -3.85. The number of nitrogens with zero attached hydrogens (tertiary/aromatic N) is 3. The molecule has 8 nitrogen and oxygen atoms in total. The number of rotatable bonds is 4. The van der Waals surface area contributed by atoms with E-state index in [0.717, 1.165) is 0 Å². The number of sulfonamides is 1. The molecule has 1 aromatic heterocycles. The smallest absolute Gasteiger partial charge is 0.335 e. The summed E-state index contributed by atoms with van der Waals surface area (Å²) < 4.78 is 27.4. The number of hydrogen-bond donors (Lipinski definition) is 2. The molecule has 0 saturated carbocycles. The highest BCUT2D eigenvalue weighted by atomic mass is 32.2. The molecule has 31 heavy (non-hydrogen) atoms. The second-order valence-corrected chi connectivity index (χ2v) is 8.93. The molecule has 158 valence electrons. The Morgan fingerprint density at radius 3 is 2.55 bits per heavy atom. The van der Waals surface area contributed by atoms with Crippen LogP contribution in [0.2, 0.25) is 0 Å². The van der Waals surface area contributed by atoms with E-state index in [2.05, 4.69) is 16.9 Å². The molecule has 1 aliphatic heterocycles. The van der Waals surface area contributed by atoms with Gasteiger partial charge in [-0.1, -0.05) is 24.8 Å². The Bertz CT molecular complexity index is 1320. The quantitative estimate of drug-likeness (QED) is 0.635. The predicted molar refractivity (Wildman–Crippen MR) is 121 cm³/mol. The number of aromatic nitrogens is 1. The molecule has 3 aromatic rings. The van der Waals surface area contributed by atoms with Gasteiger partial charge in [-0.25, -0.2) is 18.2 Å². The van der Waals surface area contributed by atoms with Crippen molar-refractivity contribution in [3.05, 3.63) is 72.4 Å². The normalized spacial score (nSPS) is 14.3. The lowest BCUT2D eigenvalue weighted by Gasteiger charge is -2.22. The lowest BCUT2D eigenvalue weighted by molar-refractivity contribution is 0.0697. The molecule has 9 heteroatoms. The fraction of sp³-hybridized carbons (Fsp3) is 0.0909. The zero-order valence-electron chi connectivity index (χ0n) is 16.9. The van der Waals surface area contributed by atoms with E-state index in [-0.39, 0.29) is 10.5 Å². The van der Waals surface area contributed by atoms with E-state index >= 15 is 0 Å². The van der Waals surface area contributed by atoms with Crippen LogP contribution >= 0.6 is 0 Å². The zero-order valence-corrected chi connectivity index (χ0v) is 17.7. The second-order valence-electron chi connectivity index (χ2n) is 6.99. The van der Waals surface area contributed by atoms with Gasteiger partial charge in [0.2, 0.25) is 0 Å². The minimum atomic E-state index is -3.74. The highest BCUT2D eigenvalue weighted by molar-refractivity contribution is 7.93. The summed E-state index contributed by atoms with van der Waals surface area (Å²) in [4.78, 5) is 17.6. The van der Waals surface area contributed by atoms with E-state index in [0.29, 0.717) is 34.1 Å². The summed E-state index contributed by atoms with van der Waals surface area (Å²) in [5.74, 6) is -0.552. The van der Waals surface area contributed by atoms with Crippen LogP contribution in [-0.2, 0) is 10.0 Å². The first-order chi connectivity index (χ1) is 14.7. The summed E-state index contributed by atoms with van der Waals surface area (Å²) in [5, 5.41) is 12.4. The van der Waals surface area contributed by atoms with Crippen molar-refractivity contribution >= 4 is 50.6 Å². The van der Waals surface area contributed by atoms with Crippen molar-refractivity contribution in [2.75, 3.05) is 28.6 Å². The maximum absolute atomic E-state index is 13.1. The molecular formula is C22H20N4O4S. The summed E-state index contributed by atoms with van der Waals surface area (Å²) >= 11 is 0. The number of carboxylic acids is 1.